The number of carbonyl (C=O) groups excluding carboxylic acids is 1. The molecule has 4 N–H and O–H groups in total. The van der Waals surface area contributed by atoms with Crippen LogP contribution in [0.5, 0.6) is 11.5 Å². The number of hydrogen-bond acceptors (Lipinski definition) is 4. The maximum atomic E-state index is 10.9. The second-order valence-corrected chi connectivity index (χ2v) is 5.78. The van der Waals surface area contributed by atoms with E-state index in [1.165, 1.54) is 5.56 Å². The standard InChI is InChI=1S/C16H18BrN3O3/c1-22-14-6-12(5-13(17)16(14)23-10-15(18)21)9-20-8-11-3-2-4-19-7-11/h2-7,20H,8-10H2,1H3,(H2,18,21)/p+1. The van der Waals surface area contributed by atoms with Gasteiger partial charge in [-0.1, -0.05) is 6.07 Å². The zero-order chi connectivity index (χ0) is 16.7. The first-order chi connectivity index (χ1) is 11.1. The number of ether oxygens (including phenoxy) is 2. The summed E-state index contributed by atoms with van der Waals surface area (Å²) >= 11 is 3.44. The van der Waals surface area contributed by atoms with Gasteiger partial charge in [0.25, 0.3) is 5.91 Å². The van der Waals surface area contributed by atoms with Crippen molar-refractivity contribution in [2.45, 2.75) is 13.1 Å². The highest BCUT2D eigenvalue weighted by atomic mass is 79.9. The number of methoxy groups -OCH3 is 1. The number of halogens is 1. The van der Waals surface area contributed by atoms with Crippen molar-refractivity contribution in [2.75, 3.05) is 13.7 Å². The van der Waals surface area contributed by atoms with Crippen molar-refractivity contribution in [1.29, 1.82) is 0 Å². The van der Waals surface area contributed by atoms with E-state index in [0.717, 1.165) is 23.1 Å². The molecule has 2 aromatic rings. The normalized spacial score (nSPS) is 10.3. The fourth-order valence-electron chi connectivity index (χ4n) is 2.10. The first kappa shape index (κ1) is 17.2. The van der Waals surface area contributed by atoms with Gasteiger partial charge in [0.15, 0.2) is 18.1 Å². The number of pyridine rings is 1. The Balaban J connectivity index is 2.02. The zero-order valence-electron chi connectivity index (χ0n) is 12.8. The SMILES string of the molecule is COc1cc(C[NH2+]Cc2cccnc2)cc(Br)c1OCC(N)=O. The van der Waals surface area contributed by atoms with Gasteiger partial charge in [0, 0.05) is 23.5 Å². The zero-order valence-corrected chi connectivity index (χ0v) is 14.4. The molecule has 0 atom stereocenters. The molecule has 0 aliphatic heterocycles. The van der Waals surface area contributed by atoms with Crippen molar-refractivity contribution >= 4 is 21.8 Å². The van der Waals surface area contributed by atoms with Gasteiger partial charge < -0.3 is 20.5 Å². The molecule has 0 spiro atoms. The van der Waals surface area contributed by atoms with E-state index in [9.17, 15) is 4.79 Å². The molecule has 0 saturated heterocycles. The van der Waals surface area contributed by atoms with Gasteiger partial charge in [0.1, 0.15) is 13.1 Å². The van der Waals surface area contributed by atoms with Crippen LogP contribution in [-0.4, -0.2) is 24.6 Å². The first-order valence-corrected chi connectivity index (χ1v) is 7.87. The van der Waals surface area contributed by atoms with Gasteiger partial charge in [-0.3, -0.25) is 9.78 Å². The molecule has 1 heterocycles. The fraction of sp³-hybridized carbons (Fsp3) is 0.250. The molecule has 6 nitrogen and oxygen atoms in total. The first-order valence-electron chi connectivity index (χ1n) is 7.08. The Hall–Kier alpha value is -2.12. The third kappa shape index (κ3) is 5.22. The monoisotopic (exact) mass is 380 g/mol. The predicted octanol–water partition coefficient (Wildman–Crippen LogP) is 0.980. The number of aromatic nitrogens is 1. The fourth-order valence-corrected chi connectivity index (χ4v) is 2.70. The Kier molecular flexibility index (Phi) is 6.37. The third-order valence-corrected chi connectivity index (χ3v) is 3.72. The molecule has 1 aromatic heterocycles. The van der Waals surface area contributed by atoms with Crippen LogP contribution in [0.4, 0.5) is 0 Å². The van der Waals surface area contributed by atoms with Crippen LogP contribution in [0.3, 0.4) is 0 Å². The summed E-state index contributed by atoms with van der Waals surface area (Å²) in [5, 5.41) is 2.17. The second kappa shape index (κ2) is 8.50. The summed E-state index contributed by atoms with van der Waals surface area (Å²) in [6.07, 6.45) is 3.62. The molecule has 0 radical (unpaired) electrons. The minimum atomic E-state index is -0.534. The highest BCUT2D eigenvalue weighted by Gasteiger charge is 2.13. The lowest BCUT2D eigenvalue weighted by molar-refractivity contribution is -0.686. The molecule has 0 aliphatic rings. The van der Waals surface area contributed by atoms with Crippen LogP contribution in [0.15, 0.2) is 41.1 Å². The molecule has 122 valence electrons. The van der Waals surface area contributed by atoms with E-state index in [2.05, 4.69) is 26.2 Å². The molecule has 0 saturated carbocycles. The Bertz CT molecular complexity index is 665. The number of benzene rings is 1. The molecule has 1 amide bonds. The maximum Gasteiger partial charge on any atom is 0.255 e. The maximum absolute atomic E-state index is 10.9. The molecule has 1 aromatic carbocycles. The summed E-state index contributed by atoms with van der Waals surface area (Å²) in [4.78, 5) is 15.0. The molecule has 23 heavy (non-hydrogen) atoms. The van der Waals surface area contributed by atoms with Crippen molar-refractivity contribution in [3.8, 4) is 11.5 Å². The predicted molar refractivity (Wildman–Crippen MR) is 89.0 cm³/mol. The largest absolute Gasteiger partial charge is 0.493 e. The van der Waals surface area contributed by atoms with Gasteiger partial charge in [-0.2, -0.15) is 0 Å². The van der Waals surface area contributed by atoms with Crippen molar-refractivity contribution in [2.24, 2.45) is 5.73 Å². The topological polar surface area (TPSA) is 91.1 Å². The third-order valence-electron chi connectivity index (χ3n) is 3.13. The summed E-state index contributed by atoms with van der Waals surface area (Å²) in [5.74, 6) is 0.501. The molecular weight excluding hydrogens is 362 g/mol. The summed E-state index contributed by atoms with van der Waals surface area (Å²) in [5.41, 5.74) is 7.34. The van der Waals surface area contributed by atoms with E-state index in [4.69, 9.17) is 15.2 Å². The van der Waals surface area contributed by atoms with Crippen molar-refractivity contribution in [1.82, 2.24) is 4.98 Å². The van der Waals surface area contributed by atoms with Crippen LogP contribution in [0, 0.1) is 0 Å². The van der Waals surface area contributed by atoms with E-state index in [1.54, 1.807) is 13.3 Å². The summed E-state index contributed by atoms with van der Waals surface area (Å²) in [6, 6.07) is 7.80. The Morgan fingerprint density at radius 3 is 2.78 bits per heavy atom. The van der Waals surface area contributed by atoms with Gasteiger partial charge in [0.05, 0.1) is 11.6 Å². The lowest BCUT2D eigenvalue weighted by Gasteiger charge is -2.13. The Labute approximate surface area is 143 Å². The van der Waals surface area contributed by atoms with Crippen LogP contribution < -0.4 is 20.5 Å². The number of quaternary nitrogens is 1. The minimum absolute atomic E-state index is 0.193. The highest BCUT2D eigenvalue weighted by molar-refractivity contribution is 9.10. The van der Waals surface area contributed by atoms with Crippen LogP contribution in [-0.2, 0) is 17.9 Å². The molecule has 0 fully saturated rings. The van der Waals surface area contributed by atoms with E-state index < -0.39 is 5.91 Å². The smallest absolute Gasteiger partial charge is 0.255 e. The van der Waals surface area contributed by atoms with Gasteiger partial charge in [-0.15, -0.1) is 0 Å². The average Bonchev–Trinajstić information content (AvgIpc) is 2.54. The summed E-state index contributed by atoms with van der Waals surface area (Å²) in [6.45, 7) is 1.43. The lowest BCUT2D eigenvalue weighted by Crippen LogP contribution is -2.80. The van der Waals surface area contributed by atoms with Crippen molar-refractivity contribution in [3.63, 3.8) is 0 Å². The van der Waals surface area contributed by atoms with E-state index in [1.807, 2.05) is 30.5 Å². The Morgan fingerprint density at radius 2 is 2.13 bits per heavy atom. The van der Waals surface area contributed by atoms with Gasteiger partial charge in [-0.05, 0) is 34.1 Å². The second-order valence-electron chi connectivity index (χ2n) is 4.92. The van der Waals surface area contributed by atoms with Gasteiger partial charge in [-0.25, -0.2) is 0 Å². The summed E-state index contributed by atoms with van der Waals surface area (Å²) in [7, 11) is 1.56. The molecule has 2 rings (SSSR count). The quantitative estimate of drug-likeness (QED) is 0.713. The van der Waals surface area contributed by atoms with Crippen molar-refractivity contribution < 1.29 is 19.6 Å². The van der Waals surface area contributed by atoms with Crippen LogP contribution in [0.1, 0.15) is 11.1 Å². The number of primary amides is 1. The number of carbonyl (C=O) groups is 1. The lowest BCUT2D eigenvalue weighted by atomic mass is 10.2. The molecule has 0 aliphatic carbocycles. The molecule has 0 unspecified atom stereocenters. The van der Waals surface area contributed by atoms with Gasteiger partial charge in [0.2, 0.25) is 0 Å². The highest BCUT2D eigenvalue weighted by Crippen LogP contribution is 2.36. The minimum Gasteiger partial charge on any atom is -0.493 e. The van der Waals surface area contributed by atoms with E-state index in [-0.39, 0.29) is 6.61 Å². The van der Waals surface area contributed by atoms with Crippen LogP contribution >= 0.6 is 15.9 Å². The van der Waals surface area contributed by atoms with Gasteiger partial charge >= 0.3 is 0 Å². The van der Waals surface area contributed by atoms with Crippen LogP contribution in [0.25, 0.3) is 0 Å². The number of rotatable bonds is 8. The van der Waals surface area contributed by atoms with E-state index in [0.29, 0.717) is 11.5 Å². The number of nitrogens with two attached hydrogens (primary N) is 2. The van der Waals surface area contributed by atoms with Crippen molar-refractivity contribution in [3.05, 3.63) is 52.3 Å². The number of hydrogen-bond donors (Lipinski definition) is 2. The molecule has 0 bridgehead atoms. The molecule has 7 heteroatoms. The summed E-state index contributed by atoms with van der Waals surface area (Å²) < 4.78 is 11.4. The number of nitrogens with zero attached hydrogens (tertiary/aromatic N) is 1. The average molecular weight is 381 g/mol. The van der Waals surface area contributed by atoms with Crippen LogP contribution in [0.2, 0.25) is 0 Å². The Morgan fingerprint density at radius 1 is 1.35 bits per heavy atom. The molecular formula is C16H19BrN3O3+. The van der Waals surface area contributed by atoms with E-state index >= 15 is 0 Å². The number of amides is 1.